The lowest BCUT2D eigenvalue weighted by Gasteiger charge is -2.25. The Kier molecular flexibility index (Phi) is 5.96. The van der Waals surface area contributed by atoms with E-state index in [9.17, 15) is 9.59 Å². The van der Waals surface area contributed by atoms with E-state index in [4.69, 9.17) is 0 Å². The van der Waals surface area contributed by atoms with Crippen LogP contribution in [0.15, 0.2) is 18.2 Å². The molecule has 0 N–H and O–H groups in total. The summed E-state index contributed by atoms with van der Waals surface area (Å²) >= 11 is 1.19. The molecule has 1 aromatic heterocycles. The lowest BCUT2D eigenvalue weighted by Crippen LogP contribution is -2.41. The predicted octanol–water partition coefficient (Wildman–Crippen LogP) is 2.83. The predicted molar refractivity (Wildman–Crippen MR) is 98.2 cm³/mol. The molecule has 0 radical (unpaired) electrons. The van der Waals surface area contributed by atoms with Crippen LogP contribution in [0, 0.1) is 0 Å². The van der Waals surface area contributed by atoms with Gasteiger partial charge < -0.3 is 9.80 Å². The molecule has 0 bridgehead atoms. The average molecular weight is 360 g/mol. The largest absolute Gasteiger partial charge is 0.340 e. The van der Waals surface area contributed by atoms with Crippen LogP contribution in [0.5, 0.6) is 0 Å². The molecule has 134 valence electrons. The fourth-order valence-corrected chi connectivity index (χ4v) is 3.65. The third-order valence-electron chi connectivity index (χ3n) is 4.66. The molecule has 3 rings (SSSR count). The summed E-state index contributed by atoms with van der Waals surface area (Å²) in [5, 5.41) is 0. The van der Waals surface area contributed by atoms with Crippen LogP contribution >= 0.6 is 11.7 Å². The van der Waals surface area contributed by atoms with Crippen LogP contribution in [0.25, 0.3) is 11.0 Å². The summed E-state index contributed by atoms with van der Waals surface area (Å²) in [7, 11) is 1.78. The first kappa shape index (κ1) is 17.8. The third kappa shape index (κ3) is 4.75. The van der Waals surface area contributed by atoms with E-state index in [0.717, 1.165) is 42.3 Å². The van der Waals surface area contributed by atoms with Gasteiger partial charge in [-0.1, -0.05) is 25.3 Å². The monoisotopic (exact) mass is 360 g/mol. The van der Waals surface area contributed by atoms with Crippen LogP contribution in [0.3, 0.4) is 0 Å². The molecule has 0 unspecified atom stereocenters. The SMILES string of the molecule is CN(Cc1ccc2nsnc2c1)C(=O)CN1CCCCCCCC1=O. The van der Waals surface area contributed by atoms with Gasteiger partial charge in [-0.2, -0.15) is 8.75 Å². The van der Waals surface area contributed by atoms with E-state index in [2.05, 4.69) is 8.75 Å². The quantitative estimate of drug-likeness (QED) is 0.841. The molecule has 1 fully saturated rings. The van der Waals surface area contributed by atoms with Gasteiger partial charge in [0, 0.05) is 26.6 Å². The number of fused-ring (bicyclic) bond motifs is 1. The summed E-state index contributed by atoms with van der Waals surface area (Å²) in [4.78, 5) is 28.3. The average Bonchev–Trinajstić information content (AvgIpc) is 3.09. The molecule has 0 spiro atoms. The number of nitrogens with zero attached hydrogens (tertiary/aromatic N) is 4. The lowest BCUT2D eigenvalue weighted by molar-refractivity contribution is -0.140. The number of carbonyl (C=O) groups excluding carboxylic acids is 2. The normalized spacial score (nSPS) is 16.4. The van der Waals surface area contributed by atoms with Crippen molar-refractivity contribution < 1.29 is 9.59 Å². The number of aromatic nitrogens is 2. The maximum absolute atomic E-state index is 12.6. The number of rotatable bonds is 4. The van der Waals surface area contributed by atoms with Gasteiger partial charge in [0.25, 0.3) is 0 Å². The van der Waals surface area contributed by atoms with Crippen LogP contribution in [0.1, 0.15) is 44.1 Å². The topological polar surface area (TPSA) is 66.4 Å². The standard InChI is InChI=1S/C18H24N4O2S/c1-21(12-14-8-9-15-16(11-14)20-25-19-15)18(24)13-22-10-6-4-2-3-5-7-17(22)23/h8-9,11H,2-7,10,12-13H2,1H3. The number of hydrogen-bond acceptors (Lipinski definition) is 5. The zero-order valence-corrected chi connectivity index (χ0v) is 15.4. The van der Waals surface area contributed by atoms with E-state index in [0.29, 0.717) is 19.5 Å². The van der Waals surface area contributed by atoms with Gasteiger partial charge in [-0.25, -0.2) is 0 Å². The van der Waals surface area contributed by atoms with Crippen LogP contribution in [-0.4, -0.2) is 50.5 Å². The molecule has 7 heteroatoms. The summed E-state index contributed by atoms with van der Waals surface area (Å²) in [5.41, 5.74) is 2.76. The molecular weight excluding hydrogens is 336 g/mol. The van der Waals surface area contributed by atoms with Crippen molar-refractivity contribution in [2.45, 2.75) is 45.1 Å². The molecule has 2 heterocycles. The van der Waals surface area contributed by atoms with Gasteiger partial charge in [-0.15, -0.1) is 0 Å². The molecule has 0 aliphatic carbocycles. The van der Waals surface area contributed by atoms with Gasteiger partial charge in [0.2, 0.25) is 11.8 Å². The highest BCUT2D eigenvalue weighted by atomic mass is 32.1. The second-order valence-corrected chi connectivity index (χ2v) is 7.20. The maximum atomic E-state index is 12.6. The first-order valence-corrected chi connectivity index (χ1v) is 9.59. The molecule has 0 atom stereocenters. The van der Waals surface area contributed by atoms with Crippen molar-refractivity contribution in [2.24, 2.45) is 0 Å². The van der Waals surface area contributed by atoms with Gasteiger partial charge in [0.1, 0.15) is 11.0 Å². The Bertz CT molecular complexity index is 746. The zero-order chi connectivity index (χ0) is 17.6. The fourth-order valence-electron chi connectivity index (χ4n) is 3.13. The molecule has 1 aromatic carbocycles. The molecule has 1 saturated heterocycles. The van der Waals surface area contributed by atoms with E-state index in [1.807, 2.05) is 18.2 Å². The molecule has 1 aliphatic rings. The molecule has 2 amide bonds. The zero-order valence-electron chi connectivity index (χ0n) is 14.6. The highest BCUT2D eigenvalue weighted by Gasteiger charge is 2.20. The van der Waals surface area contributed by atoms with Crippen LogP contribution in [-0.2, 0) is 16.1 Å². The Hall–Kier alpha value is -2.02. The second kappa shape index (κ2) is 8.38. The lowest BCUT2D eigenvalue weighted by atomic mass is 10.1. The molecular formula is C18H24N4O2S. The van der Waals surface area contributed by atoms with E-state index in [-0.39, 0.29) is 18.4 Å². The van der Waals surface area contributed by atoms with Crippen molar-refractivity contribution in [1.82, 2.24) is 18.5 Å². The Balaban J connectivity index is 1.59. The number of benzene rings is 1. The number of hydrogen-bond donors (Lipinski definition) is 0. The van der Waals surface area contributed by atoms with Crippen LogP contribution in [0.2, 0.25) is 0 Å². The molecule has 1 aliphatic heterocycles. The van der Waals surface area contributed by atoms with Gasteiger partial charge in [0.15, 0.2) is 0 Å². The number of amides is 2. The van der Waals surface area contributed by atoms with Crippen LogP contribution < -0.4 is 0 Å². The van der Waals surface area contributed by atoms with Gasteiger partial charge in [0.05, 0.1) is 18.3 Å². The minimum Gasteiger partial charge on any atom is -0.340 e. The smallest absolute Gasteiger partial charge is 0.242 e. The summed E-state index contributed by atoms with van der Waals surface area (Å²) in [5.74, 6) is 0.0858. The summed E-state index contributed by atoms with van der Waals surface area (Å²) in [6.45, 7) is 1.37. The van der Waals surface area contributed by atoms with E-state index >= 15 is 0 Å². The van der Waals surface area contributed by atoms with Gasteiger partial charge >= 0.3 is 0 Å². The van der Waals surface area contributed by atoms with Crippen molar-refractivity contribution in [3.63, 3.8) is 0 Å². The Morgan fingerprint density at radius 1 is 1.16 bits per heavy atom. The van der Waals surface area contributed by atoms with E-state index in [1.165, 1.54) is 18.1 Å². The van der Waals surface area contributed by atoms with Crippen molar-refractivity contribution in [2.75, 3.05) is 20.1 Å². The Morgan fingerprint density at radius 2 is 1.92 bits per heavy atom. The van der Waals surface area contributed by atoms with Crippen molar-refractivity contribution in [3.8, 4) is 0 Å². The Morgan fingerprint density at radius 3 is 2.80 bits per heavy atom. The van der Waals surface area contributed by atoms with Gasteiger partial charge in [-0.05, 0) is 30.5 Å². The molecule has 2 aromatic rings. The summed E-state index contributed by atoms with van der Waals surface area (Å²) < 4.78 is 8.43. The summed E-state index contributed by atoms with van der Waals surface area (Å²) in [6.07, 6.45) is 5.90. The van der Waals surface area contributed by atoms with Crippen LogP contribution in [0.4, 0.5) is 0 Å². The third-order valence-corrected chi connectivity index (χ3v) is 5.22. The van der Waals surface area contributed by atoms with E-state index in [1.54, 1.807) is 16.8 Å². The molecule has 0 saturated carbocycles. The minimum absolute atomic E-state index is 0.0240. The maximum Gasteiger partial charge on any atom is 0.242 e. The van der Waals surface area contributed by atoms with Crippen molar-refractivity contribution >= 4 is 34.6 Å². The second-order valence-electron chi connectivity index (χ2n) is 6.67. The first-order valence-electron chi connectivity index (χ1n) is 8.86. The first-order chi connectivity index (χ1) is 12.1. The highest BCUT2D eigenvalue weighted by molar-refractivity contribution is 7.00. The van der Waals surface area contributed by atoms with Gasteiger partial charge in [-0.3, -0.25) is 9.59 Å². The molecule has 6 nitrogen and oxygen atoms in total. The fraction of sp³-hybridized carbons (Fsp3) is 0.556. The molecule has 25 heavy (non-hydrogen) atoms. The number of likely N-dealkylation sites (N-methyl/N-ethyl adjacent to an activating group) is 1. The Labute approximate surface area is 152 Å². The number of carbonyl (C=O) groups is 2. The van der Waals surface area contributed by atoms with Crippen molar-refractivity contribution in [3.05, 3.63) is 23.8 Å². The van der Waals surface area contributed by atoms with E-state index < -0.39 is 0 Å². The van der Waals surface area contributed by atoms with Crippen molar-refractivity contribution in [1.29, 1.82) is 0 Å². The highest BCUT2D eigenvalue weighted by Crippen LogP contribution is 2.15. The summed E-state index contributed by atoms with van der Waals surface area (Å²) in [6, 6.07) is 5.87. The minimum atomic E-state index is -0.0240.